The van der Waals surface area contributed by atoms with Gasteiger partial charge in [0.25, 0.3) is 11.5 Å². The highest BCUT2D eigenvalue weighted by atomic mass is 35.5. The molecule has 0 aliphatic rings. The van der Waals surface area contributed by atoms with Gasteiger partial charge in [0.15, 0.2) is 4.96 Å². The summed E-state index contributed by atoms with van der Waals surface area (Å²) < 4.78 is 1.41. The standard InChI is InChI=1S/C16H14ClN3O2S2/c1-10-9-20-15(22)13(8-19-16(20)24-10)14(21)18-6-7-23-12-4-2-11(17)3-5-12/h2-5,8-9H,6-7H2,1H3,(H,18,21). The Morgan fingerprint density at radius 3 is 2.88 bits per heavy atom. The summed E-state index contributed by atoms with van der Waals surface area (Å²) >= 11 is 8.86. The maximum absolute atomic E-state index is 12.3. The summed E-state index contributed by atoms with van der Waals surface area (Å²) in [7, 11) is 0. The molecule has 1 amide bonds. The first-order valence-corrected chi connectivity index (χ1v) is 9.37. The number of aromatic nitrogens is 2. The number of hydrogen-bond donors (Lipinski definition) is 1. The number of nitrogens with zero attached hydrogens (tertiary/aromatic N) is 2. The predicted molar refractivity (Wildman–Crippen MR) is 98.6 cm³/mol. The van der Waals surface area contributed by atoms with Gasteiger partial charge in [0.05, 0.1) is 0 Å². The number of thioether (sulfide) groups is 1. The molecular weight excluding hydrogens is 366 g/mol. The van der Waals surface area contributed by atoms with Crippen LogP contribution in [0, 0.1) is 6.92 Å². The Morgan fingerprint density at radius 1 is 1.38 bits per heavy atom. The molecule has 0 aliphatic carbocycles. The van der Waals surface area contributed by atoms with E-state index < -0.39 is 5.91 Å². The largest absolute Gasteiger partial charge is 0.351 e. The fourth-order valence-corrected chi connectivity index (χ4v) is 3.79. The van der Waals surface area contributed by atoms with E-state index in [0.717, 1.165) is 9.77 Å². The lowest BCUT2D eigenvalue weighted by Gasteiger charge is -2.05. The molecule has 2 aromatic heterocycles. The van der Waals surface area contributed by atoms with Crippen LogP contribution < -0.4 is 10.9 Å². The number of carbonyl (C=O) groups is 1. The number of hydrogen-bond acceptors (Lipinski definition) is 5. The molecule has 5 nitrogen and oxygen atoms in total. The van der Waals surface area contributed by atoms with Crippen LogP contribution in [-0.4, -0.2) is 27.6 Å². The van der Waals surface area contributed by atoms with E-state index in [1.165, 1.54) is 21.9 Å². The fraction of sp³-hybridized carbons (Fsp3) is 0.188. The zero-order valence-electron chi connectivity index (χ0n) is 12.8. The van der Waals surface area contributed by atoms with Gasteiger partial charge in [-0.25, -0.2) is 4.98 Å². The number of carbonyl (C=O) groups excluding carboxylic acids is 1. The Kier molecular flexibility index (Phi) is 5.23. The highest BCUT2D eigenvalue weighted by Crippen LogP contribution is 2.19. The molecule has 0 bridgehead atoms. The van der Waals surface area contributed by atoms with Gasteiger partial charge in [-0.05, 0) is 31.2 Å². The van der Waals surface area contributed by atoms with Crippen molar-refractivity contribution < 1.29 is 4.79 Å². The summed E-state index contributed by atoms with van der Waals surface area (Å²) in [5.41, 5.74) is -0.283. The zero-order valence-corrected chi connectivity index (χ0v) is 15.2. The quantitative estimate of drug-likeness (QED) is 0.546. The van der Waals surface area contributed by atoms with Crippen LogP contribution in [0.15, 0.2) is 46.3 Å². The molecule has 0 unspecified atom stereocenters. The van der Waals surface area contributed by atoms with Gasteiger partial charge in [-0.3, -0.25) is 14.0 Å². The van der Waals surface area contributed by atoms with Gasteiger partial charge in [0, 0.05) is 39.5 Å². The van der Waals surface area contributed by atoms with Crippen molar-refractivity contribution in [3.63, 3.8) is 0 Å². The molecule has 2 heterocycles. The minimum atomic E-state index is -0.401. The number of amides is 1. The number of thiazole rings is 1. The summed E-state index contributed by atoms with van der Waals surface area (Å²) in [6, 6.07) is 7.51. The molecule has 0 saturated heterocycles. The van der Waals surface area contributed by atoms with Crippen molar-refractivity contribution in [2.75, 3.05) is 12.3 Å². The number of aryl methyl sites for hydroxylation is 1. The van der Waals surface area contributed by atoms with Crippen molar-refractivity contribution >= 4 is 45.6 Å². The molecule has 3 aromatic rings. The van der Waals surface area contributed by atoms with Crippen LogP contribution in [-0.2, 0) is 0 Å². The van der Waals surface area contributed by atoms with Crippen molar-refractivity contribution in [1.29, 1.82) is 0 Å². The van der Waals surface area contributed by atoms with Crippen molar-refractivity contribution in [2.45, 2.75) is 11.8 Å². The summed E-state index contributed by atoms with van der Waals surface area (Å²) in [6.07, 6.45) is 3.04. The molecular formula is C16H14ClN3O2S2. The number of halogens is 1. The normalized spacial score (nSPS) is 10.9. The Hall–Kier alpha value is -1.83. The Morgan fingerprint density at radius 2 is 2.12 bits per heavy atom. The zero-order chi connectivity index (χ0) is 17.1. The van der Waals surface area contributed by atoms with Crippen LogP contribution in [0.3, 0.4) is 0 Å². The molecule has 1 N–H and O–H groups in total. The van der Waals surface area contributed by atoms with Crippen LogP contribution >= 0.6 is 34.7 Å². The lowest BCUT2D eigenvalue weighted by atomic mass is 10.3. The maximum atomic E-state index is 12.3. The average molecular weight is 380 g/mol. The van der Waals surface area contributed by atoms with E-state index in [2.05, 4.69) is 10.3 Å². The van der Waals surface area contributed by atoms with Gasteiger partial charge in [-0.1, -0.05) is 11.6 Å². The molecule has 0 fully saturated rings. The molecule has 0 saturated carbocycles. The van der Waals surface area contributed by atoms with E-state index in [1.54, 1.807) is 18.0 Å². The SMILES string of the molecule is Cc1cn2c(=O)c(C(=O)NCCSc3ccc(Cl)cc3)cnc2s1. The monoisotopic (exact) mass is 379 g/mol. The number of rotatable bonds is 5. The third-order valence-corrected chi connectivity index (χ3v) is 5.41. The summed E-state index contributed by atoms with van der Waals surface area (Å²) in [4.78, 5) is 31.3. The van der Waals surface area contributed by atoms with Crippen molar-refractivity contribution in [3.05, 3.63) is 62.5 Å². The van der Waals surface area contributed by atoms with E-state index in [-0.39, 0.29) is 11.1 Å². The minimum Gasteiger partial charge on any atom is -0.351 e. The fourth-order valence-electron chi connectivity index (χ4n) is 2.11. The van der Waals surface area contributed by atoms with Crippen LogP contribution in [0.5, 0.6) is 0 Å². The maximum Gasteiger partial charge on any atom is 0.271 e. The number of fused-ring (bicyclic) bond motifs is 1. The highest BCUT2D eigenvalue weighted by Gasteiger charge is 2.13. The third kappa shape index (κ3) is 3.80. The molecule has 0 spiro atoms. The third-order valence-electron chi connectivity index (χ3n) is 3.24. The molecule has 8 heteroatoms. The Labute approximate surface area is 151 Å². The molecule has 0 radical (unpaired) electrons. The lowest BCUT2D eigenvalue weighted by Crippen LogP contribution is -2.32. The lowest BCUT2D eigenvalue weighted by molar-refractivity contribution is 0.0954. The average Bonchev–Trinajstić information content (AvgIpc) is 2.95. The van der Waals surface area contributed by atoms with Crippen LogP contribution in [0.4, 0.5) is 0 Å². The molecule has 24 heavy (non-hydrogen) atoms. The van der Waals surface area contributed by atoms with E-state index in [0.29, 0.717) is 22.3 Å². The second-order valence-corrected chi connectivity index (χ2v) is 7.85. The molecule has 124 valence electrons. The molecule has 0 aliphatic heterocycles. The molecule has 1 aromatic carbocycles. The van der Waals surface area contributed by atoms with Crippen molar-refractivity contribution in [2.24, 2.45) is 0 Å². The first-order chi connectivity index (χ1) is 11.5. The Balaban J connectivity index is 1.60. The second-order valence-electron chi connectivity index (χ2n) is 5.03. The van der Waals surface area contributed by atoms with Gasteiger partial charge >= 0.3 is 0 Å². The summed E-state index contributed by atoms with van der Waals surface area (Å²) in [5.74, 6) is 0.296. The second kappa shape index (κ2) is 7.38. The van der Waals surface area contributed by atoms with Crippen LogP contribution in [0.2, 0.25) is 5.02 Å². The highest BCUT2D eigenvalue weighted by molar-refractivity contribution is 7.99. The van der Waals surface area contributed by atoms with E-state index in [4.69, 9.17) is 11.6 Å². The van der Waals surface area contributed by atoms with Crippen molar-refractivity contribution in [3.8, 4) is 0 Å². The smallest absolute Gasteiger partial charge is 0.271 e. The predicted octanol–water partition coefficient (Wildman–Crippen LogP) is 3.24. The van der Waals surface area contributed by atoms with E-state index in [1.807, 2.05) is 31.2 Å². The van der Waals surface area contributed by atoms with Gasteiger partial charge in [0.2, 0.25) is 0 Å². The number of nitrogens with one attached hydrogen (secondary N) is 1. The van der Waals surface area contributed by atoms with Crippen LogP contribution in [0.1, 0.15) is 15.2 Å². The molecule has 3 rings (SSSR count). The topological polar surface area (TPSA) is 63.5 Å². The van der Waals surface area contributed by atoms with E-state index in [9.17, 15) is 9.59 Å². The Bertz CT molecular complexity index is 935. The van der Waals surface area contributed by atoms with Gasteiger partial charge in [-0.15, -0.1) is 23.1 Å². The van der Waals surface area contributed by atoms with Gasteiger partial charge in [-0.2, -0.15) is 0 Å². The summed E-state index contributed by atoms with van der Waals surface area (Å²) in [5, 5.41) is 3.45. The first-order valence-electron chi connectivity index (χ1n) is 7.19. The summed E-state index contributed by atoms with van der Waals surface area (Å²) in [6.45, 7) is 2.35. The minimum absolute atomic E-state index is 0.0572. The van der Waals surface area contributed by atoms with Crippen molar-refractivity contribution in [1.82, 2.24) is 14.7 Å². The molecule has 0 atom stereocenters. The number of benzene rings is 1. The van der Waals surface area contributed by atoms with Gasteiger partial charge < -0.3 is 5.32 Å². The van der Waals surface area contributed by atoms with E-state index >= 15 is 0 Å². The van der Waals surface area contributed by atoms with Gasteiger partial charge in [0.1, 0.15) is 5.56 Å². The first kappa shape index (κ1) is 17.0. The van der Waals surface area contributed by atoms with Crippen LogP contribution in [0.25, 0.3) is 4.96 Å².